The number of rotatable bonds is 9. The fourth-order valence-electron chi connectivity index (χ4n) is 3.85. The first-order chi connectivity index (χ1) is 13.7. The molecule has 2 aliphatic heterocycles. The lowest BCUT2D eigenvalue weighted by Gasteiger charge is -2.19. The van der Waals surface area contributed by atoms with E-state index in [1.807, 2.05) is 18.2 Å². The molecule has 0 unspecified atom stereocenters. The highest BCUT2D eigenvalue weighted by Crippen LogP contribution is 2.26. The van der Waals surface area contributed by atoms with E-state index in [-0.39, 0.29) is 11.8 Å². The topological polar surface area (TPSA) is 70.7 Å². The van der Waals surface area contributed by atoms with Gasteiger partial charge in [-0.05, 0) is 75.5 Å². The van der Waals surface area contributed by atoms with E-state index in [0.29, 0.717) is 25.9 Å². The Morgan fingerprint density at radius 3 is 2.75 bits per heavy atom. The third kappa shape index (κ3) is 6.82. The molecule has 1 aromatic carbocycles. The first-order valence-electron chi connectivity index (χ1n) is 10.8. The fourth-order valence-corrected chi connectivity index (χ4v) is 3.85. The van der Waals surface area contributed by atoms with Crippen LogP contribution in [-0.4, -0.2) is 49.5 Å². The fraction of sp³-hybridized carbons (Fsp3) is 0.636. The molecule has 1 aromatic rings. The normalized spacial score (nSPS) is 17.4. The molecule has 0 aromatic heterocycles. The van der Waals surface area contributed by atoms with Crippen molar-refractivity contribution in [2.24, 2.45) is 0 Å². The van der Waals surface area contributed by atoms with Gasteiger partial charge < -0.3 is 20.3 Å². The van der Waals surface area contributed by atoms with E-state index in [2.05, 4.69) is 15.5 Å². The Bertz CT molecular complexity index is 654. The zero-order valence-corrected chi connectivity index (χ0v) is 16.8. The summed E-state index contributed by atoms with van der Waals surface area (Å²) in [6, 6.07) is 5.74. The molecule has 6 nitrogen and oxygen atoms in total. The standard InChI is InChI=1S/C22H33N3O3/c26-21(23-12-6-15-25-13-3-1-2-4-14-25)7-5-16-28-19-9-10-20-18(17-19)8-11-22(27)24-20/h9-10,17H,1-8,11-16H2,(H,23,26)(H,24,27). The molecule has 6 heteroatoms. The molecule has 1 saturated heterocycles. The van der Waals surface area contributed by atoms with Crippen LogP contribution in [0.25, 0.3) is 0 Å². The lowest BCUT2D eigenvalue weighted by Crippen LogP contribution is -2.30. The molecule has 2 N–H and O–H groups in total. The van der Waals surface area contributed by atoms with Crippen molar-refractivity contribution in [3.8, 4) is 5.75 Å². The number of fused-ring (bicyclic) bond motifs is 1. The lowest BCUT2D eigenvalue weighted by molar-refractivity contribution is -0.121. The Hall–Kier alpha value is -2.08. The number of nitrogens with zero attached hydrogens (tertiary/aromatic N) is 1. The van der Waals surface area contributed by atoms with Crippen LogP contribution in [0.4, 0.5) is 5.69 Å². The molecule has 0 spiro atoms. The lowest BCUT2D eigenvalue weighted by atomic mass is 10.0. The van der Waals surface area contributed by atoms with Crippen LogP contribution in [0.1, 0.15) is 56.9 Å². The molecule has 154 valence electrons. The van der Waals surface area contributed by atoms with Gasteiger partial charge in [-0.1, -0.05) is 12.8 Å². The Kier molecular flexibility index (Phi) is 8.15. The van der Waals surface area contributed by atoms with Crippen molar-refractivity contribution >= 4 is 17.5 Å². The van der Waals surface area contributed by atoms with Crippen molar-refractivity contribution in [2.75, 3.05) is 38.1 Å². The average Bonchev–Trinajstić information content (AvgIpc) is 2.97. The van der Waals surface area contributed by atoms with Crippen molar-refractivity contribution in [1.82, 2.24) is 10.2 Å². The summed E-state index contributed by atoms with van der Waals surface area (Å²) in [5.74, 6) is 0.971. The first-order valence-corrected chi connectivity index (χ1v) is 10.8. The van der Waals surface area contributed by atoms with Gasteiger partial charge in [0, 0.05) is 25.1 Å². The van der Waals surface area contributed by atoms with E-state index in [0.717, 1.165) is 42.9 Å². The molecule has 2 heterocycles. The minimum Gasteiger partial charge on any atom is -0.494 e. The Labute approximate surface area is 168 Å². The number of amides is 2. The number of hydrogen-bond acceptors (Lipinski definition) is 4. The number of nitrogens with one attached hydrogen (secondary N) is 2. The first kappa shape index (κ1) is 20.6. The van der Waals surface area contributed by atoms with Crippen molar-refractivity contribution in [3.63, 3.8) is 0 Å². The number of likely N-dealkylation sites (tertiary alicyclic amines) is 1. The van der Waals surface area contributed by atoms with Crippen molar-refractivity contribution in [1.29, 1.82) is 0 Å². The van der Waals surface area contributed by atoms with Crippen LogP contribution in [0.3, 0.4) is 0 Å². The summed E-state index contributed by atoms with van der Waals surface area (Å²) in [7, 11) is 0. The summed E-state index contributed by atoms with van der Waals surface area (Å²) < 4.78 is 5.77. The SMILES string of the molecule is O=C(CCCOc1ccc2c(c1)CCC(=O)N2)NCCCN1CCCCCC1. The Morgan fingerprint density at radius 2 is 1.93 bits per heavy atom. The maximum Gasteiger partial charge on any atom is 0.224 e. The second-order valence-corrected chi connectivity index (χ2v) is 7.78. The van der Waals surface area contributed by atoms with Gasteiger partial charge in [-0.2, -0.15) is 0 Å². The molecule has 28 heavy (non-hydrogen) atoms. The predicted octanol–water partition coefficient (Wildman–Crippen LogP) is 3.11. The average molecular weight is 388 g/mol. The third-order valence-electron chi connectivity index (χ3n) is 5.46. The van der Waals surface area contributed by atoms with Gasteiger partial charge in [0.25, 0.3) is 0 Å². The summed E-state index contributed by atoms with van der Waals surface area (Å²) in [5.41, 5.74) is 1.99. The zero-order valence-electron chi connectivity index (χ0n) is 16.8. The van der Waals surface area contributed by atoms with E-state index in [9.17, 15) is 9.59 Å². The quantitative estimate of drug-likeness (QED) is 0.639. The van der Waals surface area contributed by atoms with Crippen molar-refractivity contribution < 1.29 is 14.3 Å². The van der Waals surface area contributed by atoms with Crippen LogP contribution in [-0.2, 0) is 16.0 Å². The number of hydrogen-bond donors (Lipinski definition) is 2. The molecular formula is C22H33N3O3. The number of benzene rings is 1. The molecule has 2 amide bonds. The molecule has 0 bridgehead atoms. The van der Waals surface area contributed by atoms with Crippen molar-refractivity contribution in [2.45, 2.75) is 57.8 Å². The molecular weight excluding hydrogens is 354 g/mol. The minimum absolute atomic E-state index is 0.0682. The molecule has 0 saturated carbocycles. The van der Waals surface area contributed by atoms with E-state index in [1.54, 1.807) is 0 Å². The second-order valence-electron chi connectivity index (χ2n) is 7.78. The maximum absolute atomic E-state index is 12.0. The van der Waals surface area contributed by atoms with Gasteiger partial charge in [-0.15, -0.1) is 0 Å². The molecule has 3 rings (SSSR count). The number of ether oxygens (including phenoxy) is 1. The third-order valence-corrected chi connectivity index (χ3v) is 5.46. The van der Waals surface area contributed by atoms with Crippen LogP contribution in [0.5, 0.6) is 5.75 Å². The van der Waals surface area contributed by atoms with Gasteiger partial charge in [-0.25, -0.2) is 0 Å². The van der Waals surface area contributed by atoms with E-state index in [4.69, 9.17) is 4.74 Å². The van der Waals surface area contributed by atoms with Crippen LogP contribution < -0.4 is 15.4 Å². The van der Waals surface area contributed by atoms with Gasteiger partial charge in [0.2, 0.25) is 11.8 Å². The smallest absolute Gasteiger partial charge is 0.224 e. The molecule has 1 fully saturated rings. The highest BCUT2D eigenvalue weighted by molar-refractivity contribution is 5.94. The number of carbonyl (C=O) groups excluding carboxylic acids is 2. The predicted molar refractivity (Wildman–Crippen MR) is 111 cm³/mol. The van der Waals surface area contributed by atoms with Crippen LogP contribution in [0.2, 0.25) is 0 Å². The highest BCUT2D eigenvalue weighted by atomic mass is 16.5. The van der Waals surface area contributed by atoms with E-state index in [1.165, 1.54) is 38.8 Å². The largest absolute Gasteiger partial charge is 0.494 e. The van der Waals surface area contributed by atoms with Gasteiger partial charge >= 0.3 is 0 Å². The minimum atomic E-state index is 0.0682. The van der Waals surface area contributed by atoms with Crippen LogP contribution >= 0.6 is 0 Å². The molecule has 2 aliphatic rings. The molecule has 0 atom stereocenters. The Morgan fingerprint density at radius 1 is 1.11 bits per heavy atom. The van der Waals surface area contributed by atoms with Gasteiger partial charge in [0.1, 0.15) is 5.75 Å². The highest BCUT2D eigenvalue weighted by Gasteiger charge is 2.15. The number of anilines is 1. The second kappa shape index (κ2) is 11.1. The summed E-state index contributed by atoms with van der Waals surface area (Å²) in [6.45, 7) is 4.78. The Balaban J connectivity index is 1.25. The summed E-state index contributed by atoms with van der Waals surface area (Å²) in [6.07, 6.45) is 8.82. The molecule has 0 radical (unpaired) electrons. The van der Waals surface area contributed by atoms with Crippen molar-refractivity contribution in [3.05, 3.63) is 23.8 Å². The van der Waals surface area contributed by atoms with Gasteiger partial charge in [0.15, 0.2) is 0 Å². The maximum atomic E-state index is 12.0. The molecule has 0 aliphatic carbocycles. The number of aryl methyl sites for hydroxylation is 1. The summed E-state index contributed by atoms with van der Waals surface area (Å²) >= 11 is 0. The number of carbonyl (C=O) groups is 2. The zero-order chi connectivity index (χ0) is 19.6. The monoisotopic (exact) mass is 387 g/mol. The van der Waals surface area contributed by atoms with Gasteiger partial charge in [-0.3, -0.25) is 9.59 Å². The summed E-state index contributed by atoms with van der Waals surface area (Å²) in [4.78, 5) is 25.9. The van der Waals surface area contributed by atoms with E-state index < -0.39 is 0 Å². The van der Waals surface area contributed by atoms with Crippen LogP contribution in [0.15, 0.2) is 18.2 Å². The van der Waals surface area contributed by atoms with Gasteiger partial charge in [0.05, 0.1) is 6.61 Å². The summed E-state index contributed by atoms with van der Waals surface area (Å²) in [5, 5.41) is 5.89. The van der Waals surface area contributed by atoms with E-state index >= 15 is 0 Å². The van der Waals surface area contributed by atoms with Crippen LogP contribution in [0, 0.1) is 0 Å².